The second-order valence-electron chi connectivity index (χ2n) is 13.7. The molecule has 248 valence electrons. The molecule has 0 saturated heterocycles. The molecule has 3 nitrogen and oxygen atoms in total. The smallest absolute Gasteiger partial charge is 0.160 e. The van der Waals surface area contributed by atoms with Gasteiger partial charge in [0.05, 0.1) is 11.4 Å². The van der Waals surface area contributed by atoms with Crippen molar-refractivity contribution in [2.75, 3.05) is 0 Å². The molecule has 0 fully saturated rings. The highest BCUT2D eigenvalue weighted by atomic mass is 32.1. The normalized spacial score (nSPS) is 15.9. The topological polar surface area (TPSA) is 37.9 Å². The fourth-order valence-corrected chi connectivity index (χ4v) is 9.16. The van der Waals surface area contributed by atoms with Gasteiger partial charge in [0.25, 0.3) is 0 Å². The SMILES string of the molecule is CC1=C(c2ccccc2)N=C(c2ccc(-c3ccccc3)cc2)N=C(c2cc(C3CC=Cc4oc5ccccc5c43)c3c(c2)sc2ccccc23)C1. The van der Waals surface area contributed by atoms with Crippen molar-refractivity contribution in [3.05, 3.63) is 191 Å². The monoisotopic (exact) mass is 686 g/mol. The minimum absolute atomic E-state index is 0.144. The lowest BCUT2D eigenvalue weighted by atomic mass is 9.81. The first-order valence-corrected chi connectivity index (χ1v) is 18.7. The quantitative estimate of drug-likeness (QED) is 0.178. The maximum atomic E-state index is 6.42. The highest BCUT2D eigenvalue weighted by Gasteiger charge is 2.29. The molecule has 10 rings (SSSR count). The van der Waals surface area contributed by atoms with Gasteiger partial charge in [-0.25, -0.2) is 9.98 Å². The van der Waals surface area contributed by atoms with Crippen LogP contribution in [0.1, 0.15) is 59.3 Å². The van der Waals surface area contributed by atoms with Gasteiger partial charge in [0.1, 0.15) is 11.3 Å². The lowest BCUT2D eigenvalue weighted by molar-refractivity contribution is 0.590. The molecule has 1 atom stereocenters. The van der Waals surface area contributed by atoms with Gasteiger partial charge in [-0.2, -0.15) is 0 Å². The summed E-state index contributed by atoms with van der Waals surface area (Å²) in [5.74, 6) is 1.83. The van der Waals surface area contributed by atoms with Gasteiger partial charge in [-0.3, -0.25) is 0 Å². The largest absolute Gasteiger partial charge is 0.456 e. The molecule has 4 heteroatoms. The highest BCUT2D eigenvalue weighted by Crippen LogP contribution is 2.47. The minimum Gasteiger partial charge on any atom is -0.456 e. The van der Waals surface area contributed by atoms with Gasteiger partial charge in [-0.1, -0.05) is 127 Å². The zero-order valence-electron chi connectivity index (χ0n) is 28.7. The van der Waals surface area contributed by atoms with E-state index in [0.29, 0.717) is 6.42 Å². The van der Waals surface area contributed by atoms with Crippen molar-refractivity contribution in [3.63, 3.8) is 0 Å². The predicted octanol–water partition coefficient (Wildman–Crippen LogP) is 13.1. The van der Waals surface area contributed by atoms with E-state index < -0.39 is 0 Å². The average Bonchev–Trinajstić information content (AvgIpc) is 3.72. The highest BCUT2D eigenvalue weighted by molar-refractivity contribution is 7.25. The maximum Gasteiger partial charge on any atom is 0.160 e. The molecule has 2 aliphatic rings. The Kier molecular flexibility index (Phi) is 7.43. The molecular weight excluding hydrogens is 653 g/mol. The fourth-order valence-electron chi connectivity index (χ4n) is 7.98. The zero-order valence-corrected chi connectivity index (χ0v) is 29.5. The Morgan fingerprint density at radius 3 is 2.10 bits per heavy atom. The van der Waals surface area contributed by atoms with Crippen molar-refractivity contribution in [3.8, 4) is 11.1 Å². The number of hydrogen-bond donors (Lipinski definition) is 0. The molecule has 0 N–H and O–H groups in total. The standard InChI is InChI=1S/C48H34N2OS/c1-30-27-40(49-48(50-47(30)33-15-6-3-7-16-33)34-25-23-32(24-26-34)31-13-4-2-5-14-31)35-28-39(46-38-18-9-11-22-43(38)52-44(46)29-35)36-19-12-21-42-45(36)37-17-8-10-20-41(37)51-42/h2-18,20-26,28-29,36H,19,27H2,1H3. The first kappa shape index (κ1) is 30.7. The molecule has 0 saturated carbocycles. The second kappa shape index (κ2) is 12.6. The first-order valence-electron chi connectivity index (χ1n) is 17.9. The Hall–Kier alpha value is -6.10. The number of hydrogen-bond acceptors (Lipinski definition) is 4. The van der Waals surface area contributed by atoms with Gasteiger partial charge in [0.15, 0.2) is 5.84 Å². The Morgan fingerprint density at radius 1 is 0.615 bits per heavy atom. The lowest BCUT2D eigenvalue weighted by Gasteiger charge is -2.22. The fraction of sp³-hybridized carbons (Fsp3) is 0.0833. The first-order chi connectivity index (χ1) is 25.7. The Balaban J connectivity index is 1.17. The molecule has 1 aliphatic carbocycles. The van der Waals surface area contributed by atoms with E-state index in [1.807, 2.05) is 11.3 Å². The van der Waals surface area contributed by atoms with E-state index in [0.717, 1.165) is 51.7 Å². The molecule has 8 aromatic rings. The molecule has 52 heavy (non-hydrogen) atoms. The summed E-state index contributed by atoms with van der Waals surface area (Å²) in [5.41, 5.74) is 12.3. The van der Waals surface area contributed by atoms with Gasteiger partial charge in [-0.15, -0.1) is 11.3 Å². The molecule has 0 bridgehead atoms. The summed E-state index contributed by atoms with van der Waals surface area (Å²) in [7, 11) is 0. The van der Waals surface area contributed by atoms with E-state index in [1.165, 1.54) is 53.4 Å². The van der Waals surface area contributed by atoms with Crippen LogP contribution in [0, 0.1) is 0 Å². The van der Waals surface area contributed by atoms with E-state index in [4.69, 9.17) is 14.4 Å². The summed E-state index contributed by atoms with van der Waals surface area (Å²) in [5, 5.41) is 3.83. The third-order valence-corrected chi connectivity index (χ3v) is 11.6. The van der Waals surface area contributed by atoms with Gasteiger partial charge < -0.3 is 4.42 Å². The Bertz CT molecular complexity index is 2780. The molecule has 0 amide bonds. The minimum atomic E-state index is 0.144. The summed E-state index contributed by atoms with van der Waals surface area (Å²) < 4.78 is 9.00. The van der Waals surface area contributed by atoms with E-state index >= 15 is 0 Å². The third kappa shape index (κ3) is 5.26. The van der Waals surface area contributed by atoms with Gasteiger partial charge >= 0.3 is 0 Å². The van der Waals surface area contributed by atoms with Crippen LogP contribution in [0.3, 0.4) is 0 Å². The van der Waals surface area contributed by atoms with Crippen LogP contribution in [0.5, 0.6) is 0 Å². The molecular formula is C48H34N2OS. The van der Waals surface area contributed by atoms with Crippen molar-refractivity contribution in [1.29, 1.82) is 0 Å². The van der Waals surface area contributed by atoms with Gasteiger partial charge in [0.2, 0.25) is 0 Å². The van der Waals surface area contributed by atoms with Gasteiger partial charge in [0, 0.05) is 54.6 Å². The third-order valence-electron chi connectivity index (χ3n) is 10.5. The summed E-state index contributed by atoms with van der Waals surface area (Å²) in [6.07, 6.45) is 6.02. The molecule has 2 aromatic heterocycles. The maximum absolute atomic E-state index is 6.42. The average molecular weight is 687 g/mol. The molecule has 0 radical (unpaired) electrons. The lowest BCUT2D eigenvalue weighted by Crippen LogP contribution is -2.09. The number of para-hydroxylation sites is 1. The number of allylic oxidation sites excluding steroid dienone is 2. The number of furan rings is 1. The van der Waals surface area contributed by atoms with Crippen molar-refractivity contribution >= 4 is 65.8 Å². The van der Waals surface area contributed by atoms with Crippen LogP contribution in [0.25, 0.3) is 54.0 Å². The van der Waals surface area contributed by atoms with Crippen molar-refractivity contribution in [1.82, 2.24) is 0 Å². The summed E-state index contributed by atoms with van der Waals surface area (Å²) in [4.78, 5) is 10.8. The summed E-state index contributed by atoms with van der Waals surface area (Å²) in [6, 6.07) is 51.8. The molecule has 0 spiro atoms. The van der Waals surface area contributed by atoms with Crippen molar-refractivity contribution < 1.29 is 4.42 Å². The van der Waals surface area contributed by atoms with Crippen LogP contribution in [-0.2, 0) is 0 Å². The number of amidine groups is 1. The van der Waals surface area contributed by atoms with Gasteiger partial charge in [-0.05, 0) is 71.5 Å². The Morgan fingerprint density at radius 2 is 1.29 bits per heavy atom. The summed E-state index contributed by atoms with van der Waals surface area (Å²) in [6.45, 7) is 2.21. The number of thiophene rings is 1. The molecule has 6 aromatic carbocycles. The van der Waals surface area contributed by atoms with E-state index in [9.17, 15) is 0 Å². The van der Waals surface area contributed by atoms with Crippen LogP contribution in [0.2, 0.25) is 0 Å². The van der Waals surface area contributed by atoms with E-state index in [2.05, 4.69) is 165 Å². The van der Waals surface area contributed by atoms with Crippen LogP contribution in [-0.4, -0.2) is 11.5 Å². The van der Waals surface area contributed by atoms with Crippen LogP contribution >= 0.6 is 11.3 Å². The van der Waals surface area contributed by atoms with Crippen molar-refractivity contribution in [2.45, 2.75) is 25.7 Å². The number of nitrogens with zero attached hydrogens (tertiary/aromatic N) is 2. The van der Waals surface area contributed by atoms with E-state index in [1.54, 1.807) is 0 Å². The number of aliphatic imine (C=N–C) groups is 2. The number of rotatable bonds is 5. The van der Waals surface area contributed by atoms with Crippen LogP contribution in [0.4, 0.5) is 0 Å². The second-order valence-corrected chi connectivity index (χ2v) is 14.8. The summed E-state index contributed by atoms with van der Waals surface area (Å²) >= 11 is 1.87. The van der Waals surface area contributed by atoms with Crippen LogP contribution < -0.4 is 0 Å². The zero-order chi connectivity index (χ0) is 34.6. The van der Waals surface area contributed by atoms with Crippen molar-refractivity contribution in [2.24, 2.45) is 9.98 Å². The predicted molar refractivity (Wildman–Crippen MR) is 220 cm³/mol. The van der Waals surface area contributed by atoms with E-state index in [-0.39, 0.29) is 5.92 Å². The van der Waals surface area contributed by atoms with Crippen LogP contribution in [0.15, 0.2) is 172 Å². The molecule has 1 aliphatic heterocycles. The molecule has 3 heterocycles. The number of fused-ring (bicyclic) bond motifs is 6. The Labute approximate surface area is 306 Å². The number of benzene rings is 6. The molecule has 1 unspecified atom stereocenters.